The summed E-state index contributed by atoms with van der Waals surface area (Å²) in [5, 5.41) is 2.67. The Bertz CT molecular complexity index is 465. The van der Waals surface area contributed by atoms with E-state index in [1.807, 2.05) is 0 Å². The van der Waals surface area contributed by atoms with Crippen LogP contribution in [0.5, 0.6) is 5.75 Å². The molecule has 0 unspecified atom stereocenters. The number of halogens is 1. The second-order valence-electron chi connectivity index (χ2n) is 3.91. The highest BCUT2D eigenvalue weighted by atomic mass is 19.1. The van der Waals surface area contributed by atoms with Crippen molar-refractivity contribution >= 4 is 12.3 Å². The summed E-state index contributed by atoms with van der Waals surface area (Å²) in [5.74, 6) is -0.231. The van der Waals surface area contributed by atoms with Crippen LogP contribution in [-0.4, -0.2) is 43.5 Å². The molecule has 1 aromatic carbocycles. The summed E-state index contributed by atoms with van der Waals surface area (Å²) in [4.78, 5) is 23.4. The zero-order valence-corrected chi connectivity index (χ0v) is 9.69. The van der Waals surface area contributed by atoms with Crippen LogP contribution in [0.4, 0.5) is 9.18 Å². The molecule has 2 rings (SSSR count). The fourth-order valence-electron chi connectivity index (χ4n) is 1.73. The van der Waals surface area contributed by atoms with Gasteiger partial charge in [0.2, 0.25) is 0 Å². The van der Waals surface area contributed by atoms with Crippen molar-refractivity contribution in [1.82, 2.24) is 10.2 Å². The molecule has 1 N–H and O–H groups in total. The number of amides is 2. The van der Waals surface area contributed by atoms with Crippen LogP contribution in [0.1, 0.15) is 10.4 Å². The Labute approximate surface area is 104 Å². The number of benzene rings is 1. The predicted octanol–water partition coefficient (Wildman–Crippen LogP) is 1.04. The molecule has 0 spiro atoms. The molecule has 0 aliphatic carbocycles. The number of nitrogens with zero attached hydrogens (tertiary/aromatic N) is 1. The second-order valence-corrected chi connectivity index (χ2v) is 3.91. The Hall–Kier alpha value is -2.11. The number of urea groups is 1. The van der Waals surface area contributed by atoms with Gasteiger partial charge in [-0.25, -0.2) is 9.18 Å². The molecule has 0 bridgehead atoms. The normalized spacial score (nSPS) is 14.5. The van der Waals surface area contributed by atoms with Crippen LogP contribution in [0.25, 0.3) is 0 Å². The van der Waals surface area contributed by atoms with Gasteiger partial charge in [0.15, 0.2) is 0 Å². The van der Waals surface area contributed by atoms with Crippen molar-refractivity contribution in [3.63, 3.8) is 0 Å². The van der Waals surface area contributed by atoms with Crippen molar-refractivity contribution in [2.24, 2.45) is 0 Å². The maximum Gasteiger partial charge on any atom is 0.317 e. The first-order valence-corrected chi connectivity index (χ1v) is 5.60. The fourth-order valence-corrected chi connectivity index (χ4v) is 1.73. The summed E-state index contributed by atoms with van der Waals surface area (Å²) >= 11 is 0. The lowest BCUT2D eigenvalue weighted by atomic mass is 10.2. The van der Waals surface area contributed by atoms with Crippen molar-refractivity contribution in [1.29, 1.82) is 0 Å². The van der Waals surface area contributed by atoms with Gasteiger partial charge >= 0.3 is 6.03 Å². The van der Waals surface area contributed by atoms with E-state index in [9.17, 15) is 14.0 Å². The molecule has 2 amide bonds. The summed E-state index contributed by atoms with van der Waals surface area (Å²) < 4.78 is 18.4. The lowest BCUT2D eigenvalue weighted by molar-refractivity contribution is 0.112. The number of rotatable bonds is 5. The van der Waals surface area contributed by atoms with E-state index in [0.717, 1.165) is 6.07 Å². The largest absolute Gasteiger partial charge is 0.492 e. The van der Waals surface area contributed by atoms with Gasteiger partial charge in [0, 0.05) is 24.7 Å². The number of aldehydes is 1. The smallest absolute Gasteiger partial charge is 0.317 e. The topological polar surface area (TPSA) is 58.6 Å². The molecule has 0 atom stereocenters. The minimum Gasteiger partial charge on any atom is -0.492 e. The van der Waals surface area contributed by atoms with Gasteiger partial charge in [0.1, 0.15) is 24.5 Å². The molecule has 1 heterocycles. The summed E-state index contributed by atoms with van der Waals surface area (Å²) in [6, 6.07) is 3.68. The highest BCUT2D eigenvalue weighted by Crippen LogP contribution is 2.15. The molecule has 5 nitrogen and oxygen atoms in total. The predicted molar refractivity (Wildman–Crippen MR) is 62.3 cm³/mol. The first-order chi connectivity index (χ1) is 8.69. The zero-order valence-electron chi connectivity index (χ0n) is 9.69. The van der Waals surface area contributed by atoms with E-state index < -0.39 is 5.82 Å². The molecule has 1 aliphatic rings. The van der Waals surface area contributed by atoms with Crippen molar-refractivity contribution in [3.05, 3.63) is 29.6 Å². The van der Waals surface area contributed by atoms with Crippen molar-refractivity contribution in [3.8, 4) is 5.75 Å². The summed E-state index contributed by atoms with van der Waals surface area (Å²) in [6.45, 7) is 1.97. The first-order valence-electron chi connectivity index (χ1n) is 5.60. The van der Waals surface area contributed by atoms with Crippen molar-refractivity contribution < 1.29 is 18.7 Å². The van der Waals surface area contributed by atoms with Crippen LogP contribution >= 0.6 is 0 Å². The van der Waals surface area contributed by atoms with Gasteiger partial charge in [-0.1, -0.05) is 0 Å². The average Bonchev–Trinajstić information content (AvgIpc) is 2.74. The third kappa shape index (κ3) is 2.97. The molecule has 1 saturated heterocycles. The van der Waals surface area contributed by atoms with Crippen LogP contribution in [0, 0.1) is 5.82 Å². The number of carbonyl (C=O) groups is 2. The standard InChI is InChI=1S/C12H13FN2O3/c13-10-5-9(8-16)6-11(7-10)18-4-3-15-2-1-14-12(15)17/h5-8H,1-4H2,(H,14,17). The highest BCUT2D eigenvalue weighted by molar-refractivity contribution is 5.76. The van der Waals surface area contributed by atoms with Gasteiger partial charge in [-0.3, -0.25) is 4.79 Å². The van der Waals surface area contributed by atoms with E-state index in [1.165, 1.54) is 12.1 Å². The number of hydrogen-bond donors (Lipinski definition) is 1. The van der Waals surface area contributed by atoms with E-state index in [1.54, 1.807) is 4.90 Å². The van der Waals surface area contributed by atoms with Crippen LogP contribution < -0.4 is 10.1 Å². The average molecular weight is 252 g/mol. The molecule has 1 aliphatic heterocycles. The molecule has 0 saturated carbocycles. The van der Waals surface area contributed by atoms with E-state index in [0.29, 0.717) is 25.9 Å². The maximum atomic E-state index is 13.1. The molecule has 18 heavy (non-hydrogen) atoms. The van der Waals surface area contributed by atoms with Gasteiger partial charge in [0.05, 0.1) is 6.54 Å². The van der Waals surface area contributed by atoms with E-state index in [-0.39, 0.29) is 24.0 Å². The Morgan fingerprint density at radius 2 is 2.28 bits per heavy atom. The van der Waals surface area contributed by atoms with Gasteiger partial charge in [0.25, 0.3) is 0 Å². The lowest BCUT2D eigenvalue weighted by Crippen LogP contribution is -2.31. The molecular formula is C12H13FN2O3. The van der Waals surface area contributed by atoms with Gasteiger partial charge in [-0.05, 0) is 12.1 Å². The Kier molecular flexibility index (Phi) is 3.76. The summed E-state index contributed by atoms with van der Waals surface area (Å²) in [5.41, 5.74) is 0.226. The molecule has 0 radical (unpaired) electrons. The lowest BCUT2D eigenvalue weighted by Gasteiger charge is -2.14. The Balaban J connectivity index is 1.88. The SMILES string of the molecule is O=Cc1cc(F)cc(OCCN2CCNC2=O)c1. The highest BCUT2D eigenvalue weighted by Gasteiger charge is 2.18. The van der Waals surface area contributed by atoms with Crippen LogP contribution in [0.2, 0.25) is 0 Å². The Morgan fingerprint density at radius 3 is 2.94 bits per heavy atom. The van der Waals surface area contributed by atoms with E-state index in [2.05, 4.69) is 5.32 Å². The third-order valence-corrected chi connectivity index (χ3v) is 2.60. The number of hydrogen-bond acceptors (Lipinski definition) is 3. The van der Waals surface area contributed by atoms with Gasteiger partial charge in [-0.2, -0.15) is 0 Å². The summed E-state index contributed by atoms with van der Waals surface area (Å²) in [7, 11) is 0. The van der Waals surface area contributed by atoms with Crippen LogP contribution in [0.3, 0.4) is 0 Å². The monoisotopic (exact) mass is 252 g/mol. The molecule has 6 heteroatoms. The first kappa shape index (κ1) is 12.3. The third-order valence-electron chi connectivity index (χ3n) is 2.60. The fraction of sp³-hybridized carbons (Fsp3) is 0.333. The quantitative estimate of drug-likeness (QED) is 0.797. The molecule has 1 fully saturated rings. The number of ether oxygens (including phenoxy) is 1. The molecular weight excluding hydrogens is 239 g/mol. The van der Waals surface area contributed by atoms with Crippen molar-refractivity contribution in [2.75, 3.05) is 26.2 Å². The zero-order chi connectivity index (χ0) is 13.0. The number of nitrogens with one attached hydrogen (secondary N) is 1. The van der Waals surface area contributed by atoms with Crippen LogP contribution in [-0.2, 0) is 0 Å². The molecule has 0 aromatic heterocycles. The second kappa shape index (κ2) is 5.48. The van der Waals surface area contributed by atoms with Gasteiger partial charge < -0.3 is 15.0 Å². The minimum absolute atomic E-state index is 0.119. The van der Waals surface area contributed by atoms with E-state index >= 15 is 0 Å². The molecule has 1 aromatic rings. The number of carbonyl (C=O) groups excluding carboxylic acids is 2. The maximum absolute atomic E-state index is 13.1. The molecule has 96 valence electrons. The van der Waals surface area contributed by atoms with Crippen LogP contribution in [0.15, 0.2) is 18.2 Å². The Morgan fingerprint density at radius 1 is 1.44 bits per heavy atom. The summed E-state index contributed by atoms with van der Waals surface area (Å²) in [6.07, 6.45) is 0.559. The van der Waals surface area contributed by atoms with E-state index in [4.69, 9.17) is 4.74 Å². The van der Waals surface area contributed by atoms with Crippen molar-refractivity contribution in [2.45, 2.75) is 0 Å². The van der Waals surface area contributed by atoms with Gasteiger partial charge in [-0.15, -0.1) is 0 Å². The minimum atomic E-state index is -0.520.